The maximum Gasteiger partial charge on any atom is 0.191 e. The van der Waals surface area contributed by atoms with Gasteiger partial charge in [0, 0.05) is 33.2 Å². The van der Waals surface area contributed by atoms with Gasteiger partial charge in [0.15, 0.2) is 11.8 Å². The molecule has 0 bridgehead atoms. The van der Waals surface area contributed by atoms with E-state index in [2.05, 4.69) is 30.6 Å². The third-order valence-electron chi connectivity index (χ3n) is 5.13. The lowest BCUT2D eigenvalue weighted by atomic mass is 10.1. The van der Waals surface area contributed by atoms with E-state index in [9.17, 15) is 0 Å². The SMILES string of the molecule is CN=C(NCCCCN1CCCC1)NC1CCc2nc(COC)nn2C1. The van der Waals surface area contributed by atoms with Crippen LogP contribution in [0.25, 0.3) is 0 Å². The second kappa shape index (κ2) is 9.87. The van der Waals surface area contributed by atoms with Crippen molar-refractivity contribution in [2.75, 3.05) is 40.3 Å². The van der Waals surface area contributed by atoms with Crippen LogP contribution in [0.5, 0.6) is 0 Å². The minimum atomic E-state index is 0.329. The molecule has 146 valence electrons. The van der Waals surface area contributed by atoms with Crippen molar-refractivity contribution in [3.05, 3.63) is 11.6 Å². The first-order valence-corrected chi connectivity index (χ1v) is 9.89. The first-order valence-electron chi connectivity index (χ1n) is 9.89. The predicted molar refractivity (Wildman–Crippen MR) is 102 cm³/mol. The number of nitrogens with one attached hydrogen (secondary N) is 2. The van der Waals surface area contributed by atoms with Gasteiger partial charge in [0.25, 0.3) is 0 Å². The molecule has 8 heteroatoms. The number of likely N-dealkylation sites (tertiary alicyclic amines) is 1. The van der Waals surface area contributed by atoms with Crippen molar-refractivity contribution in [1.29, 1.82) is 0 Å². The van der Waals surface area contributed by atoms with Crippen molar-refractivity contribution < 1.29 is 4.74 Å². The highest BCUT2D eigenvalue weighted by atomic mass is 16.5. The van der Waals surface area contributed by atoms with Crippen molar-refractivity contribution in [1.82, 2.24) is 30.3 Å². The van der Waals surface area contributed by atoms with Gasteiger partial charge in [-0.05, 0) is 51.7 Å². The molecule has 0 aliphatic carbocycles. The third-order valence-corrected chi connectivity index (χ3v) is 5.13. The Hall–Kier alpha value is -1.67. The molecule has 3 heterocycles. The van der Waals surface area contributed by atoms with Crippen LogP contribution in [0.1, 0.15) is 43.8 Å². The predicted octanol–water partition coefficient (Wildman–Crippen LogP) is 0.780. The van der Waals surface area contributed by atoms with E-state index < -0.39 is 0 Å². The highest BCUT2D eigenvalue weighted by molar-refractivity contribution is 5.79. The van der Waals surface area contributed by atoms with Crippen LogP contribution in [0.3, 0.4) is 0 Å². The minimum absolute atomic E-state index is 0.329. The fourth-order valence-electron chi connectivity index (χ4n) is 3.73. The summed E-state index contributed by atoms with van der Waals surface area (Å²) >= 11 is 0. The van der Waals surface area contributed by atoms with Gasteiger partial charge in [0.1, 0.15) is 12.4 Å². The maximum atomic E-state index is 5.12. The van der Waals surface area contributed by atoms with E-state index in [-0.39, 0.29) is 0 Å². The highest BCUT2D eigenvalue weighted by Crippen LogP contribution is 2.13. The number of hydrogen-bond acceptors (Lipinski definition) is 5. The summed E-state index contributed by atoms with van der Waals surface area (Å²) in [6.45, 7) is 6.06. The first kappa shape index (κ1) is 19.1. The van der Waals surface area contributed by atoms with Gasteiger partial charge >= 0.3 is 0 Å². The largest absolute Gasteiger partial charge is 0.377 e. The zero-order chi connectivity index (χ0) is 18.2. The second-order valence-corrected chi connectivity index (χ2v) is 7.19. The molecular formula is C18H33N7O. The average Bonchev–Trinajstić information content (AvgIpc) is 3.29. The Labute approximate surface area is 156 Å². The normalized spacial score (nSPS) is 21.0. The Balaban J connectivity index is 1.36. The van der Waals surface area contributed by atoms with Crippen LogP contribution in [-0.2, 0) is 24.3 Å². The Kier molecular flexibility index (Phi) is 7.25. The molecule has 8 nitrogen and oxygen atoms in total. The monoisotopic (exact) mass is 363 g/mol. The van der Waals surface area contributed by atoms with Gasteiger partial charge in [-0.15, -0.1) is 0 Å². The van der Waals surface area contributed by atoms with Crippen molar-refractivity contribution >= 4 is 5.96 Å². The molecule has 26 heavy (non-hydrogen) atoms. The number of methoxy groups -OCH3 is 1. The standard InChI is InChI=1S/C18H33N7O/c1-19-18(20-9-3-4-10-24-11-5-6-12-24)21-15-7-8-17-22-16(14-26-2)23-25(17)13-15/h15H,3-14H2,1-2H3,(H2,19,20,21). The fourth-order valence-corrected chi connectivity index (χ4v) is 3.73. The van der Waals surface area contributed by atoms with Gasteiger partial charge in [-0.2, -0.15) is 5.10 Å². The summed E-state index contributed by atoms with van der Waals surface area (Å²) in [5.41, 5.74) is 0. The zero-order valence-electron chi connectivity index (χ0n) is 16.2. The van der Waals surface area contributed by atoms with Crippen molar-refractivity contribution in [3.8, 4) is 0 Å². The number of fused-ring (bicyclic) bond motifs is 1. The number of rotatable bonds is 8. The number of ether oxygens (including phenoxy) is 1. The molecule has 1 unspecified atom stereocenters. The van der Waals surface area contributed by atoms with Gasteiger partial charge in [-0.1, -0.05) is 0 Å². The van der Waals surface area contributed by atoms with Crippen LogP contribution in [0.2, 0.25) is 0 Å². The Morgan fingerprint density at radius 2 is 2.15 bits per heavy atom. The Morgan fingerprint density at radius 3 is 2.92 bits per heavy atom. The van der Waals surface area contributed by atoms with Gasteiger partial charge in [-0.3, -0.25) is 4.99 Å². The molecule has 0 spiro atoms. The van der Waals surface area contributed by atoms with Crippen molar-refractivity contribution in [3.63, 3.8) is 0 Å². The third kappa shape index (κ3) is 5.41. The molecule has 2 aliphatic rings. The van der Waals surface area contributed by atoms with Crippen molar-refractivity contribution in [2.45, 2.75) is 57.7 Å². The van der Waals surface area contributed by atoms with E-state index in [1.165, 1.54) is 45.3 Å². The molecule has 1 aromatic heterocycles. The number of unbranched alkanes of at least 4 members (excludes halogenated alkanes) is 1. The van der Waals surface area contributed by atoms with E-state index in [0.29, 0.717) is 12.6 Å². The van der Waals surface area contributed by atoms with Crippen LogP contribution in [0.4, 0.5) is 0 Å². The van der Waals surface area contributed by atoms with Crippen LogP contribution in [-0.4, -0.2) is 72.0 Å². The molecule has 2 aliphatic heterocycles. The topological polar surface area (TPSA) is 79.6 Å². The van der Waals surface area contributed by atoms with Gasteiger partial charge in [0.05, 0.1) is 6.54 Å². The Bertz CT molecular complexity index is 580. The van der Waals surface area contributed by atoms with E-state index in [4.69, 9.17) is 4.74 Å². The molecule has 1 saturated heterocycles. The lowest BCUT2D eigenvalue weighted by molar-refractivity contribution is 0.177. The fraction of sp³-hybridized carbons (Fsp3) is 0.833. The van der Waals surface area contributed by atoms with Gasteiger partial charge in [-0.25, -0.2) is 9.67 Å². The minimum Gasteiger partial charge on any atom is -0.377 e. The van der Waals surface area contributed by atoms with Crippen LogP contribution < -0.4 is 10.6 Å². The molecule has 0 saturated carbocycles. The number of aromatic nitrogens is 3. The quantitative estimate of drug-likeness (QED) is 0.404. The summed E-state index contributed by atoms with van der Waals surface area (Å²) in [5.74, 6) is 2.71. The molecule has 3 rings (SSSR count). The van der Waals surface area contributed by atoms with Crippen LogP contribution in [0.15, 0.2) is 4.99 Å². The van der Waals surface area contributed by atoms with Crippen LogP contribution in [0, 0.1) is 0 Å². The molecular weight excluding hydrogens is 330 g/mol. The molecule has 1 atom stereocenters. The molecule has 2 N–H and O–H groups in total. The summed E-state index contributed by atoms with van der Waals surface area (Å²) in [5, 5.41) is 11.5. The van der Waals surface area contributed by atoms with Crippen molar-refractivity contribution in [2.24, 2.45) is 4.99 Å². The smallest absolute Gasteiger partial charge is 0.191 e. The van der Waals surface area contributed by atoms with E-state index in [1.54, 1.807) is 7.11 Å². The van der Waals surface area contributed by atoms with Gasteiger partial charge < -0.3 is 20.3 Å². The molecule has 1 fully saturated rings. The van der Waals surface area contributed by atoms with E-state index >= 15 is 0 Å². The zero-order valence-corrected chi connectivity index (χ0v) is 16.2. The maximum absolute atomic E-state index is 5.12. The van der Waals surface area contributed by atoms with Gasteiger partial charge in [0.2, 0.25) is 0 Å². The molecule has 0 amide bonds. The summed E-state index contributed by atoms with van der Waals surface area (Å²) in [6, 6.07) is 0.329. The number of guanidine groups is 1. The Morgan fingerprint density at radius 1 is 1.31 bits per heavy atom. The molecule has 1 aromatic rings. The van der Waals surface area contributed by atoms with E-state index in [1.807, 2.05) is 11.7 Å². The lowest BCUT2D eigenvalue weighted by Crippen LogP contribution is -2.47. The summed E-state index contributed by atoms with van der Waals surface area (Å²) in [6.07, 6.45) is 7.14. The number of hydrogen-bond donors (Lipinski definition) is 2. The van der Waals surface area contributed by atoms with E-state index in [0.717, 1.165) is 43.5 Å². The lowest BCUT2D eigenvalue weighted by Gasteiger charge is -2.25. The molecule has 0 aromatic carbocycles. The van der Waals surface area contributed by atoms with Crippen LogP contribution >= 0.6 is 0 Å². The number of aryl methyl sites for hydroxylation is 1. The number of nitrogens with zero attached hydrogens (tertiary/aromatic N) is 5. The number of aliphatic imine (C=N–C) groups is 1. The molecule has 0 radical (unpaired) electrons. The summed E-state index contributed by atoms with van der Waals surface area (Å²) in [4.78, 5) is 11.5. The summed E-state index contributed by atoms with van der Waals surface area (Å²) in [7, 11) is 3.51. The first-order chi connectivity index (χ1) is 12.8. The summed E-state index contributed by atoms with van der Waals surface area (Å²) < 4.78 is 7.12. The highest BCUT2D eigenvalue weighted by Gasteiger charge is 2.22. The second-order valence-electron chi connectivity index (χ2n) is 7.19. The average molecular weight is 364 g/mol.